The van der Waals surface area contributed by atoms with Crippen molar-refractivity contribution >= 4 is 41.0 Å². The zero-order valence-corrected chi connectivity index (χ0v) is 26.7. The van der Waals surface area contributed by atoms with Crippen molar-refractivity contribution in [2.45, 2.75) is 39.7 Å². The Hall–Kier alpha value is -4.61. The molecule has 0 unspecified atom stereocenters. The van der Waals surface area contributed by atoms with E-state index in [1.54, 1.807) is 56.3 Å². The Kier molecular flexibility index (Phi) is 9.60. The zero-order valence-electron chi connectivity index (χ0n) is 25.1. The third kappa shape index (κ3) is 6.45. The predicted molar refractivity (Wildman–Crippen MR) is 170 cm³/mol. The van der Waals surface area contributed by atoms with Crippen LogP contribution in [0.25, 0.3) is 17.4 Å². The molecule has 234 valence electrons. The van der Waals surface area contributed by atoms with Gasteiger partial charge in [-0.05, 0) is 68.3 Å². The van der Waals surface area contributed by atoms with Crippen LogP contribution in [0.15, 0.2) is 74.0 Å². The molecule has 1 atom stereocenters. The molecule has 1 aliphatic heterocycles. The van der Waals surface area contributed by atoms with Gasteiger partial charge in [0.2, 0.25) is 0 Å². The van der Waals surface area contributed by atoms with Gasteiger partial charge in [0.15, 0.2) is 16.3 Å². The number of nitrogens with zero attached hydrogens (tertiary/aromatic N) is 2. The van der Waals surface area contributed by atoms with Gasteiger partial charge in [-0.1, -0.05) is 42.3 Å². The average molecular weight is 651 g/mol. The van der Waals surface area contributed by atoms with E-state index in [0.29, 0.717) is 55.8 Å². The van der Waals surface area contributed by atoms with E-state index in [9.17, 15) is 19.5 Å². The minimum Gasteiger partial charge on any atom is -0.493 e. The Labute approximate surface area is 267 Å². The number of carbonyl (C=O) groups excluding carboxylic acids is 1. The van der Waals surface area contributed by atoms with Gasteiger partial charge in [0, 0.05) is 11.6 Å². The summed E-state index contributed by atoms with van der Waals surface area (Å²) >= 11 is 7.17. The zero-order chi connectivity index (χ0) is 32.2. The van der Waals surface area contributed by atoms with Crippen LogP contribution in [0, 0.1) is 0 Å². The Bertz CT molecular complexity index is 1990. The number of hydrogen-bond acceptors (Lipinski definition) is 9. The number of carboxylic acids is 1. The van der Waals surface area contributed by atoms with Gasteiger partial charge in [-0.25, -0.2) is 14.6 Å². The van der Waals surface area contributed by atoms with Crippen LogP contribution in [0.5, 0.6) is 11.5 Å². The van der Waals surface area contributed by atoms with Gasteiger partial charge >= 0.3 is 11.9 Å². The fourth-order valence-corrected chi connectivity index (χ4v) is 6.19. The highest BCUT2D eigenvalue weighted by atomic mass is 35.5. The maximum absolute atomic E-state index is 14.0. The van der Waals surface area contributed by atoms with Crippen molar-refractivity contribution < 1.29 is 33.3 Å². The van der Waals surface area contributed by atoms with Crippen LogP contribution >= 0.6 is 22.9 Å². The minimum absolute atomic E-state index is 0.0506. The molecule has 2 aromatic carbocycles. The molecular weight excluding hydrogens is 620 g/mol. The third-order valence-corrected chi connectivity index (χ3v) is 8.47. The molecule has 0 bridgehead atoms. The maximum atomic E-state index is 14.0. The number of ether oxygens (including phenoxy) is 3. The van der Waals surface area contributed by atoms with Crippen molar-refractivity contribution in [1.82, 2.24) is 4.57 Å². The molecule has 4 aromatic rings. The molecule has 5 rings (SSSR count). The van der Waals surface area contributed by atoms with Crippen LogP contribution in [-0.2, 0) is 9.53 Å². The first-order chi connectivity index (χ1) is 21.7. The number of hydrogen-bond donors (Lipinski definition) is 1. The predicted octanol–water partition coefficient (Wildman–Crippen LogP) is 5.60. The van der Waals surface area contributed by atoms with Gasteiger partial charge in [0.1, 0.15) is 11.5 Å². The fraction of sp³-hybridized carbons (Fsp3) is 0.273. The van der Waals surface area contributed by atoms with Crippen LogP contribution in [0.3, 0.4) is 0 Å². The molecule has 3 heterocycles. The molecule has 0 spiro atoms. The fourth-order valence-electron chi connectivity index (χ4n) is 4.96. The molecular formula is C33H31ClN2O8S. The molecule has 2 aromatic heterocycles. The highest BCUT2D eigenvalue weighted by Crippen LogP contribution is 2.36. The van der Waals surface area contributed by atoms with Crippen molar-refractivity contribution in [3.05, 3.63) is 101 Å². The second kappa shape index (κ2) is 13.6. The molecule has 0 saturated heterocycles. The SMILES string of the molecule is CCCCOc1ccc([C@H]2C(C(=O)OCC)=C(C)N=c3s/c(=C/c4ccc(-c5ccc(Cl)c(C(=O)O)c5)o4)c(=O)n32)cc1OC. The number of unbranched alkanes of at least 4 members (excludes halogenated alkanes) is 1. The smallest absolute Gasteiger partial charge is 0.338 e. The minimum atomic E-state index is -1.15. The molecule has 1 N–H and O–H groups in total. The monoisotopic (exact) mass is 650 g/mol. The van der Waals surface area contributed by atoms with E-state index < -0.39 is 18.0 Å². The lowest BCUT2D eigenvalue weighted by Gasteiger charge is -2.25. The Balaban J connectivity index is 1.60. The molecule has 0 amide bonds. The van der Waals surface area contributed by atoms with Gasteiger partial charge in [-0.2, -0.15) is 0 Å². The van der Waals surface area contributed by atoms with E-state index in [1.165, 1.54) is 23.8 Å². The van der Waals surface area contributed by atoms with Crippen molar-refractivity contribution in [3.8, 4) is 22.8 Å². The van der Waals surface area contributed by atoms with Crippen LogP contribution in [0.4, 0.5) is 0 Å². The largest absolute Gasteiger partial charge is 0.493 e. The number of allylic oxidation sites excluding steroid dienone is 1. The van der Waals surface area contributed by atoms with E-state index in [-0.39, 0.29) is 28.3 Å². The van der Waals surface area contributed by atoms with E-state index in [4.69, 9.17) is 30.2 Å². The van der Waals surface area contributed by atoms with E-state index >= 15 is 0 Å². The lowest BCUT2D eigenvalue weighted by molar-refractivity contribution is -0.139. The van der Waals surface area contributed by atoms with Crippen LogP contribution in [0.2, 0.25) is 5.02 Å². The first-order valence-corrected chi connectivity index (χ1v) is 15.5. The Morgan fingerprint density at radius 2 is 1.93 bits per heavy atom. The summed E-state index contributed by atoms with van der Waals surface area (Å²) in [6.07, 6.45) is 3.46. The topological polar surface area (TPSA) is 130 Å². The van der Waals surface area contributed by atoms with Gasteiger partial charge < -0.3 is 23.7 Å². The Morgan fingerprint density at radius 1 is 1.13 bits per heavy atom. The summed E-state index contributed by atoms with van der Waals surface area (Å²) in [6, 6.07) is 12.4. The third-order valence-electron chi connectivity index (χ3n) is 7.16. The summed E-state index contributed by atoms with van der Waals surface area (Å²) in [5, 5.41) is 9.54. The van der Waals surface area contributed by atoms with Crippen LogP contribution in [0.1, 0.15) is 61.3 Å². The maximum Gasteiger partial charge on any atom is 0.338 e. The highest BCUT2D eigenvalue weighted by Gasteiger charge is 2.34. The Morgan fingerprint density at radius 3 is 2.64 bits per heavy atom. The summed E-state index contributed by atoms with van der Waals surface area (Å²) < 4.78 is 24.7. The molecule has 0 radical (unpaired) electrons. The number of thiazole rings is 1. The summed E-state index contributed by atoms with van der Waals surface area (Å²) in [5.41, 5.74) is 1.39. The lowest BCUT2D eigenvalue weighted by Crippen LogP contribution is -2.39. The number of carbonyl (C=O) groups is 2. The number of benzene rings is 2. The van der Waals surface area contributed by atoms with Gasteiger partial charge in [0.05, 0.1) is 52.8 Å². The standard InChI is InChI=1S/C33H31ClN2O8S/c1-5-7-14-43-25-12-9-20(16-26(25)41-4)29-28(32(40)42-6-2)18(3)35-33-36(29)30(37)27(45-33)17-21-10-13-24(44-21)19-8-11-23(34)22(15-19)31(38)39/h8-13,15-17,29H,5-7,14H2,1-4H3,(H,38,39)/b27-17+/t29-/m0/s1. The number of esters is 1. The van der Waals surface area contributed by atoms with Gasteiger partial charge in [-0.15, -0.1) is 0 Å². The number of furan rings is 1. The number of fused-ring (bicyclic) bond motifs is 1. The molecule has 0 saturated carbocycles. The molecule has 45 heavy (non-hydrogen) atoms. The lowest BCUT2D eigenvalue weighted by atomic mass is 9.95. The van der Waals surface area contributed by atoms with Crippen molar-refractivity contribution in [1.29, 1.82) is 0 Å². The summed E-state index contributed by atoms with van der Waals surface area (Å²) in [7, 11) is 1.54. The summed E-state index contributed by atoms with van der Waals surface area (Å²) in [6.45, 7) is 6.19. The number of methoxy groups -OCH3 is 1. The van der Waals surface area contributed by atoms with Crippen molar-refractivity contribution in [2.75, 3.05) is 20.3 Å². The molecule has 10 nitrogen and oxygen atoms in total. The first kappa shape index (κ1) is 31.8. The number of aromatic carboxylic acids is 1. The first-order valence-electron chi connectivity index (χ1n) is 14.3. The molecule has 0 aliphatic carbocycles. The van der Waals surface area contributed by atoms with E-state index in [1.807, 2.05) is 0 Å². The van der Waals surface area contributed by atoms with Crippen molar-refractivity contribution in [3.63, 3.8) is 0 Å². The van der Waals surface area contributed by atoms with Crippen molar-refractivity contribution in [2.24, 2.45) is 4.99 Å². The number of carboxylic acid groups (broad SMARTS) is 1. The summed E-state index contributed by atoms with van der Waals surface area (Å²) in [5.74, 6) is 0.0815. The van der Waals surface area contributed by atoms with Gasteiger partial charge in [-0.3, -0.25) is 9.36 Å². The molecule has 12 heteroatoms. The molecule has 1 aliphatic rings. The van der Waals surface area contributed by atoms with Crippen LogP contribution < -0.4 is 24.4 Å². The van der Waals surface area contributed by atoms with Crippen LogP contribution in [-0.4, -0.2) is 41.9 Å². The molecule has 0 fully saturated rings. The van der Waals surface area contributed by atoms with Gasteiger partial charge in [0.25, 0.3) is 5.56 Å². The average Bonchev–Trinajstić information content (AvgIpc) is 3.60. The highest BCUT2D eigenvalue weighted by molar-refractivity contribution is 7.07. The second-order valence-corrected chi connectivity index (χ2v) is 11.5. The normalized spacial score (nSPS) is 14.6. The number of rotatable bonds is 11. The summed E-state index contributed by atoms with van der Waals surface area (Å²) in [4.78, 5) is 43.8. The number of halogens is 1. The number of aromatic nitrogens is 1. The quantitative estimate of drug-likeness (QED) is 0.164. The van der Waals surface area contributed by atoms with E-state index in [0.717, 1.165) is 24.2 Å². The second-order valence-electron chi connectivity index (χ2n) is 10.1. The van der Waals surface area contributed by atoms with E-state index in [2.05, 4.69) is 11.9 Å².